The quantitative estimate of drug-likeness (QED) is 0.399. The van der Waals surface area contributed by atoms with E-state index in [1.165, 1.54) is 11.6 Å². The molecule has 0 amide bonds. The van der Waals surface area contributed by atoms with Crippen LogP contribution in [-0.4, -0.2) is 44.4 Å². The molecule has 0 radical (unpaired) electrons. The normalized spacial score (nSPS) is 22.1. The van der Waals surface area contributed by atoms with Crippen LogP contribution < -0.4 is 4.46 Å². The molecule has 0 spiro atoms. The van der Waals surface area contributed by atoms with Gasteiger partial charge in [-0.15, -0.1) is 0 Å². The van der Waals surface area contributed by atoms with Crippen molar-refractivity contribution >= 4 is 31.6 Å². The average Bonchev–Trinajstić information content (AvgIpc) is 2.91. The number of ether oxygens (including phenoxy) is 1. The van der Waals surface area contributed by atoms with Crippen molar-refractivity contribution in [1.29, 1.82) is 0 Å². The van der Waals surface area contributed by atoms with E-state index < -0.39 is 6.04 Å². The molecule has 0 N–H and O–H groups in total. The number of benzene rings is 2. The number of hydrogen-bond donors (Lipinski definition) is 0. The Morgan fingerprint density at radius 2 is 1.67 bits per heavy atom. The maximum absolute atomic E-state index is 12.8. The Kier molecular flexibility index (Phi) is 5.88. The number of nitrogens with zero attached hydrogens (tertiary/aromatic N) is 1. The van der Waals surface area contributed by atoms with Crippen molar-refractivity contribution in [3.63, 3.8) is 0 Å². The summed E-state index contributed by atoms with van der Waals surface area (Å²) < 4.78 is 8.88. The van der Waals surface area contributed by atoms with Gasteiger partial charge in [0, 0.05) is 0 Å². The minimum absolute atomic E-state index is 0.0442. The molecule has 2 atom stereocenters. The molecule has 2 aromatic rings. The van der Waals surface area contributed by atoms with E-state index in [4.69, 9.17) is 4.74 Å². The minimum atomic E-state index is -0.408. The molecule has 3 rings (SSSR count). The van der Waals surface area contributed by atoms with Crippen LogP contribution in [0.15, 0.2) is 60.7 Å². The monoisotopic (exact) mass is 430 g/mol. The van der Waals surface area contributed by atoms with Gasteiger partial charge in [0.25, 0.3) is 0 Å². The second kappa shape index (κ2) is 8.00. The molecule has 4 heteroatoms. The Labute approximate surface area is 168 Å². The molecule has 142 valence electrons. The van der Waals surface area contributed by atoms with Gasteiger partial charge in [-0.05, 0) is 0 Å². The molecule has 0 saturated heterocycles. The fourth-order valence-electron chi connectivity index (χ4n) is 4.08. The van der Waals surface area contributed by atoms with Gasteiger partial charge in [-0.25, -0.2) is 0 Å². The van der Waals surface area contributed by atoms with E-state index in [1.54, 1.807) is 0 Å². The molecular weight excluding hydrogens is 401 g/mol. The summed E-state index contributed by atoms with van der Waals surface area (Å²) in [6, 6.07) is 20.2. The third-order valence-electron chi connectivity index (χ3n) is 5.06. The summed E-state index contributed by atoms with van der Waals surface area (Å²) in [5.41, 5.74) is 0.938. The first-order valence-corrected chi connectivity index (χ1v) is 11.4. The van der Waals surface area contributed by atoms with Crippen molar-refractivity contribution in [2.45, 2.75) is 44.1 Å². The zero-order valence-electron chi connectivity index (χ0n) is 16.5. The summed E-state index contributed by atoms with van der Waals surface area (Å²) in [6.07, 6.45) is 3.28. The van der Waals surface area contributed by atoms with E-state index in [1.807, 2.05) is 30.3 Å². The second-order valence-electron chi connectivity index (χ2n) is 8.14. The van der Waals surface area contributed by atoms with E-state index in [0.29, 0.717) is 15.0 Å². The molecule has 0 saturated carbocycles. The first-order chi connectivity index (χ1) is 12.8. The molecule has 27 heavy (non-hydrogen) atoms. The topological polar surface area (TPSA) is 29.3 Å². The number of hydrogen-bond acceptors (Lipinski definition) is 2. The van der Waals surface area contributed by atoms with E-state index in [9.17, 15) is 4.79 Å². The molecule has 1 aliphatic heterocycles. The standard InChI is InChI=1S/C23H28NO2Se/c1-22(2)15-23(3,17-27-19-13-9-6-10-14-19)24(16-22)20(21(25)26-4)18-11-7-5-8-12-18/h5-14,16,20H,15,17H2,1-4H3/q+1/t20-,23?/m1/s1. The van der Waals surface area contributed by atoms with Crippen LogP contribution in [-0.2, 0) is 9.53 Å². The zero-order chi connectivity index (χ0) is 19.5. The molecule has 0 bridgehead atoms. The van der Waals surface area contributed by atoms with Crippen LogP contribution in [0.5, 0.6) is 0 Å². The second-order valence-corrected chi connectivity index (χ2v) is 10.3. The summed E-state index contributed by atoms with van der Waals surface area (Å²) in [6.45, 7) is 6.79. The number of carbonyl (C=O) groups is 1. The van der Waals surface area contributed by atoms with Gasteiger partial charge in [-0.3, -0.25) is 0 Å². The molecule has 2 aromatic carbocycles. The Hall–Kier alpha value is -1.90. The molecule has 0 aliphatic carbocycles. The molecule has 0 fully saturated rings. The Morgan fingerprint density at radius 3 is 2.26 bits per heavy atom. The summed E-state index contributed by atoms with van der Waals surface area (Å²) in [5.74, 6) is -0.200. The first-order valence-electron chi connectivity index (χ1n) is 9.30. The Balaban J connectivity index is 1.96. The molecule has 1 heterocycles. The van der Waals surface area contributed by atoms with E-state index in [0.717, 1.165) is 17.3 Å². The van der Waals surface area contributed by atoms with Crippen molar-refractivity contribution < 1.29 is 14.1 Å². The Bertz CT molecular complexity index is 817. The van der Waals surface area contributed by atoms with Crippen molar-refractivity contribution in [3.05, 3.63) is 66.2 Å². The van der Waals surface area contributed by atoms with Crippen LogP contribution in [0.3, 0.4) is 0 Å². The van der Waals surface area contributed by atoms with Gasteiger partial charge in [0.15, 0.2) is 0 Å². The fraction of sp³-hybridized carbons (Fsp3) is 0.391. The molecule has 0 aromatic heterocycles. The van der Waals surface area contributed by atoms with Gasteiger partial charge in [0.05, 0.1) is 0 Å². The third-order valence-corrected chi connectivity index (χ3v) is 7.94. The van der Waals surface area contributed by atoms with Gasteiger partial charge in [-0.1, -0.05) is 0 Å². The van der Waals surface area contributed by atoms with E-state index >= 15 is 0 Å². The fourth-order valence-corrected chi connectivity index (χ4v) is 6.34. The van der Waals surface area contributed by atoms with Crippen LogP contribution in [0.2, 0.25) is 5.32 Å². The van der Waals surface area contributed by atoms with E-state index in [-0.39, 0.29) is 16.9 Å². The summed E-state index contributed by atoms with van der Waals surface area (Å²) >= 11 is 0.347. The first kappa shape index (κ1) is 19.8. The van der Waals surface area contributed by atoms with Crippen LogP contribution in [0, 0.1) is 5.41 Å². The van der Waals surface area contributed by atoms with Crippen molar-refractivity contribution in [3.8, 4) is 0 Å². The van der Waals surface area contributed by atoms with Gasteiger partial charge in [-0.2, -0.15) is 0 Å². The number of carbonyl (C=O) groups excluding carboxylic acids is 1. The predicted molar refractivity (Wildman–Crippen MR) is 111 cm³/mol. The van der Waals surface area contributed by atoms with Gasteiger partial charge in [0.1, 0.15) is 0 Å². The van der Waals surface area contributed by atoms with Crippen molar-refractivity contribution in [2.24, 2.45) is 5.41 Å². The zero-order valence-corrected chi connectivity index (χ0v) is 18.2. The Morgan fingerprint density at radius 1 is 1.07 bits per heavy atom. The summed E-state index contributed by atoms with van der Waals surface area (Å²) in [5, 5.41) is 1.05. The van der Waals surface area contributed by atoms with Gasteiger partial charge in [0.2, 0.25) is 0 Å². The van der Waals surface area contributed by atoms with Crippen molar-refractivity contribution in [2.75, 3.05) is 7.11 Å². The number of rotatable bonds is 6. The average molecular weight is 429 g/mol. The maximum atomic E-state index is 12.8. The molecule has 3 nitrogen and oxygen atoms in total. The summed E-state index contributed by atoms with van der Waals surface area (Å²) in [4.78, 5) is 12.8. The number of esters is 1. The third kappa shape index (κ3) is 4.51. The molecule has 1 aliphatic rings. The predicted octanol–water partition coefficient (Wildman–Crippen LogP) is 3.62. The number of methoxy groups -OCH3 is 1. The van der Waals surface area contributed by atoms with E-state index in [2.05, 4.69) is 61.9 Å². The van der Waals surface area contributed by atoms with Crippen molar-refractivity contribution in [1.82, 2.24) is 0 Å². The molecule has 1 unspecified atom stereocenters. The van der Waals surface area contributed by atoms with Crippen LogP contribution in [0.25, 0.3) is 0 Å². The van der Waals surface area contributed by atoms with Crippen LogP contribution in [0.1, 0.15) is 38.8 Å². The van der Waals surface area contributed by atoms with Crippen LogP contribution in [0.4, 0.5) is 0 Å². The van der Waals surface area contributed by atoms with Gasteiger partial charge >= 0.3 is 169 Å². The molecular formula is C23H28NO2Se+. The van der Waals surface area contributed by atoms with Crippen LogP contribution >= 0.6 is 0 Å². The SMILES string of the molecule is COC(=O)[C@@H](c1ccccc1)[N+]1=CC(C)(C)CC1(C)C[Se]c1ccccc1. The van der Waals surface area contributed by atoms with Gasteiger partial charge < -0.3 is 0 Å². The summed E-state index contributed by atoms with van der Waals surface area (Å²) in [7, 11) is 1.48.